The Kier molecular flexibility index (Phi) is 3.33. The number of pyridine rings is 1. The van der Waals surface area contributed by atoms with Gasteiger partial charge in [-0.05, 0) is 29.7 Å². The molecule has 5 rings (SSSR count). The molecule has 4 heterocycles. The number of hydrazine groups is 1. The average Bonchev–Trinajstić information content (AvgIpc) is 3.38. The van der Waals surface area contributed by atoms with Gasteiger partial charge in [0, 0.05) is 49.0 Å². The number of hydrogen-bond acceptors (Lipinski definition) is 4. The number of aromatic nitrogens is 2. The maximum absolute atomic E-state index is 13.1. The van der Waals surface area contributed by atoms with E-state index in [4.69, 9.17) is 0 Å². The van der Waals surface area contributed by atoms with Crippen molar-refractivity contribution in [1.29, 1.82) is 0 Å². The van der Waals surface area contributed by atoms with Gasteiger partial charge in [-0.3, -0.25) is 15.6 Å². The van der Waals surface area contributed by atoms with Crippen molar-refractivity contribution in [1.82, 2.24) is 20.8 Å². The highest BCUT2D eigenvalue weighted by Crippen LogP contribution is 2.30. The summed E-state index contributed by atoms with van der Waals surface area (Å²) >= 11 is 0. The van der Waals surface area contributed by atoms with Crippen molar-refractivity contribution in [2.75, 3.05) is 24.5 Å². The summed E-state index contributed by atoms with van der Waals surface area (Å²) in [6.45, 7) is 2.49. The minimum Gasteiger partial charge on any atom is -0.346 e. The number of hydrogen-bond donors (Lipinski definition) is 3. The fourth-order valence-corrected chi connectivity index (χ4v) is 3.87. The number of rotatable bonds is 2. The molecule has 0 unspecified atom stereocenters. The Morgan fingerprint density at radius 1 is 1.20 bits per heavy atom. The number of benzene rings is 1. The average molecular weight is 333 g/mol. The van der Waals surface area contributed by atoms with Gasteiger partial charge in [0.05, 0.1) is 5.56 Å². The zero-order chi connectivity index (χ0) is 16.8. The van der Waals surface area contributed by atoms with E-state index >= 15 is 0 Å². The van der Waals surface area contributed by atoms with Crippen LogP contribution >= 0.6 is 0 Å². The highest BCUT2D eigenvalue weighted by atomic mass is 16.2. The van der Waals surface area contributed by atoms with Crippen molar-refractivity contribution in [3.63, 3.8) is 0 Å². The quantitative estimate of drug-likeness (QED) is 0.670. The van der Waals surface area contributed by atoms with E-state index in [9.17, 15) is 4.79 Å². The van der Waals surface area contributed by atoms with Crippen LogP contribution in [0.4, 0.5) is 5.69 Å². The van der Waals surface area contributed by atoms with Crippen molar-refractivity contribution in [2.24, 2.45) is 0 Å². The van der Waals surface area contributed by atoms with Crippen molar-refractivity contribution < 1.29 is 4.79 Å². The first-order valence-electron chi connectivity index (χ1n) is 8.64. The third kappa shape index (κ3) is 2.33. The van der Waals surface area contributed by atoms with E-state index in [0.29, 0.717) is 11.5 Å². The molecule has 0 atom stereocenters. The molecule has 3 aromatic rings. The van der Waals surface area contributed by atoms with Gasteiger partial charge >= 0.3 is 0 Å². The summed E-state index contributed by atoms with van der Waals surface area (Å²) in [5.41, 5.74) is 11.3. The number of carbonyl (C=O) groups is 1. The van der Waals surface area contributed by atoms with Crippen molar-refractivity contribution >= 4 is 22.6 Å². The third-order valence-electron chi connectivity index (χ3n) is 5.20. The number of nitrogens with one attached hydrogen (secondary N) is 3. The highest BCUT2D eigenvalue weighted by Gasteiger charge is 2.26. The largest absolute Gasteiger partial charge is 0.346 e. The van der Waals surface area contributed by atoms with Crippen LogP contribution in [0.5, 0.6) is 0 Å². The summed E-state index contributed by atoms with van der Waals surface area (Å²) in [6.07, 6.45) is 4.60. The summed E-state index contributed by atoms with van der Waals surface area (Å²) in [7, 11) is 0. The number of H-pyrrole nitrogens is 1. The first-order valence-corrected chi connectivity index (χ1v) is 8.64. The lowest BCUT2D eigenvalue weighted by Crippen LogP contribution is -2.28. The van der Waals surface area contributed by atoms with E-state index < -0.39 is 0 Å². The second-order valence-corrected chi connectivity index (χ2v) is 6.66. The molecule has 1 aromatic carbocycles. The number of fused-ring (bicyclic) bond motifs is 2. The molecule has 2 aliphatic heterocycles. The number of para-hydroxylation sites is 1. The fourth-order valence-electron chi connectivity index (χ4n) is 3.87. The van der Waals surface area contributed by atoms with E-state index in [1.54, 1.807) is 6.20 Å². The van der Waals surface area contributed by atoms with Crippen molar-refractivity contribution in [3.8, 4) is 0 Å². The number of nitrogens with zero attached hydrogens (tertiary/aromatic N) is 2. The van der Waals surface area contributed by atoms with Gasteiger partial charge in [0.2, 0.25) is 0 Å². The Morgan fingerprint density at radius 2 is 2.04 bits per heavy atom. The molecule has 6 heteroatoms. The van der Waals surface area contributed by atoms with Gasteiger partial charge in [-0.15, -0.1) is 0 Å². The third-order valence-corrected chi connectivity index (χ3v) is 5.20. The molecule has 2 aliphatic rings. The van der Waals surface area contributed by atoms with Crippen LogP contribution in [-0.4, -0.2) is 35.5 Å². The molecule has 25 heavy (non-hydrogen) atoms. The maximum atomic E-state index is 13.1. The first-order chi connectivity index (χ1) is 12.3. The van der Waals surface area contributed by atoms with E-state index in [-0.39, 0.29) is 5.91 Å². The normalized spacial score (nSPS) is 17.4. The smallest absolute Gasteiger partial charge is 0.259 e. The molecule has 126 valence electrons. The molecule has 0 saturated carbocycles. The maximum Gasteiger partial charge on any atom is 0.259 e. The van der Waals surface area contributed by atoms with Crippen molar-refractivity contribution in [2.45, 2.75) is 12.3 Å². The zero-order valence-corrected chi connectivity index (χ0v) is 13.7. The molecule has 2 aromatic heterocycles. The number of anilines is 1. The van der Waals surface area contributed by atoms with Gasteiger partial charge in [0.25, 0.3) is 5.91 Å². The minimum absolute atomic E-state index is 0.0224. The van der Waals surface area contributed by atoms with Crippen LogP contribution < -0.4 is 15.8 Å². The summed E-state index contributed by atoms with van der Waals surface area (Å²) in [4.78, 5) is 22.6. The van der Waals surface area contributed by atoms with Crippen LogP contribution in [0.2, 0.25) is 0 Å². The number of amides is 1. The van der Waals surface area contributed by atoms with Crippen LogP contribution in [-0.2, 0) is 6.42 Å². The molecule has 0 aliphatic carbocycles. The van der Waals surface area contributed by atoms with E-state index in [0.717, 1.165) is 42.8 Å². The van der Waals surface area contributed by atoms with E-state index in [2.05, 4.69) is 26.9 Å². The molecule has 1 saturated heterocycles. The van der Waals surface area contributed by atoms with Crippen LogP contribution in [0.25, 0.3) is 11.0 Å². The lowest BCUT2D eigenvalue weighted by Gasteiger charge is -2.17. The van der Waals surface area contributed by atoms with Crippen LogP contribution in [0.15, 0.2) is 42.7 Å². The second kappa shape index (κ2) is 5.68. The van der Waals surface area contributed by atoms with Crippen LogP contribution in [0, 0.1) is 0 Å². The molecule has 1 amide bonds. The van der Waals surface area contributed by atoms with Crippen LogP contribution in [0.1, 0.15) is 27.4 Å². The molecule has 6 nitrogen and oxygen atoms in total. The van der Waals surface area contributed by atoms with E-state index in [1.807, 2.05) is 35.4 Å². The first kappa shape index (κ1) is 14.6. The molecule has 0 bridgehead atoms. The molecular formula is C19H19N5O. The number of aromatic amines is 1. The summed E-state index contributed by atoms with van der Waals surface area (Å²) in [5.74, 6) is 0.405. The zero-order valence-electron chi connectivity index (χ0n) is 13.7. The molecular weight excluding hydrogens is 314 g/mol. The van der Waals surface area contributed by atoms with Gasteiger partial charge in [0.1, 0.15) is 5.65 Å². The Bertz CT molecular complexity index is 957. The monoisotopic (exact) mass is 333 g/mol. The van der Waals surface area contributed by atoms with Crippen LogP contribution in [0.3, 0.4) is 0 Å². The Labute approximate surface area is 145 Å². The fraction of sp³-hybridized carbons (Fsp3) is 0.263. The lowest BCUT2D eigenvalue weighted by atomic mass is 10.00. The van der Waals surface area contributed by atoms with Gasteiger partial charge < -0.3 is 9.88 Å². The predicted octanol–water partition coefficient (Wildman–Crippen LogP) is 1.96. The standard InChI is InChI=1S/C19H19N5O/c25-19(24-6-5-12-3-1-2-4-17(12)24)13-7-15-16(14-9-22-23-10-14)11-21-18(15)20-8-13/h1-4,7-8,11,14,22-23H,5-6,9-10H2,(H,20,21). The van der Waals surface area contributed by atoms with Gasteiger partial charge in [0.15, 0.2) is 0 Å². The molecule has 0 spiro atoms. The highest BCUT2D eigenvalue weighted by molar-refractivity contribution is 6.08. The Balaban J connectivity index is 1.52. The SMILES string of the molecule is O=C(c1cnc2[nH]cc(C3CNNC3)c2c1)N1CCc2ccccc21. The second-order valence-electron chi connectivity index (χ2n) is 6.66. The molecule has 3 N–H and O–H groups in total. The summed E-state index contributed by atoms with van der Waals surface area (Å²) in [6, 6.07) is 10.1. The van der Waals surface area contributed by atoms with Gasteiger partial charge in [-0.1, -0.05) is 18.2 Å². The van der Waals surface area contributed by atoms with E-state index in [1.165, 1.54) is 11.1 Å². The summed E-state index contributed by atoms with van der Waals surface area (Å²) < 4.78 is 0. The molecule has 0 radical (unpaired) electrons. The minimum atomic E-state index is 0.0224. The number of carbonyl (C=O) groups excluding carboxylic acids is 1. The molecule has 1 fully saturated rings. The Morgan fingerprint density at radius 3 is 2.92 bits per heavy atom. The van der Waals surface area contributed by atoms with Gasteiger partial charge in [-0.25, -0.2) is 4.98 Å². The van der Waals surface area contributed by atoms with Gasteiger partial charge in [-0.2, -0.15) is 0 Å². The topological polar surface area (TPSA) is 73.0 Å². The predicted molar refractivity (Wildman–Crippen MR) is 96.7 cm³/mol. The lowest BCUT2D eigenvalue weighted by molar-refractivity contribution is 0.0989. The Hall–Kier alpha value is -2.70. The van der Waals surface area contributed by atoms with Crippen molar-refractivity contribution in [3.05, 3.63) is 59.4 Å². The summed E-state index contributed by atoms with van der Waals surface area (Å²) in [5, 5.41) is 1.04.